The monoisotopic (exact) mass is 300 g/mol. The van der Waals surface area contributed by atoms with Crippen LogP contribution in [0.3, 0.4) is 0 Å². The van der Waals surface area contributed by atoms with Gasteiger partial charge in [-0.05, 0) is 0 Å². The van der Waals surface area contributed by atoms with Crippen molar-refractivity contribution >= 4 is 5.97 Å². The highest BCUT2D eigenvalue weighted by Crippen LogP contribution is 2.14. The maximum atomic E-state index is 10.5. The Balaban J connectivity index is 0.000000270. The number of aromatic nitrogens is 2. The molecule has 7 heteroatoms. The first-order chi connectivity index (χ1) is 9.77. The van der Waals surface area contributed by atoms with Crippen LogP contribution in [-0.2, 0) is 18.3 Å². The number of hydrogen-bond acceptors (Lipinski definition) is 2. The van der Waals surface area contributed by atoms with E-state index in [1.807, 2.05) is 6.07 Å². The number of rotatable bonds is 2. The number of nitrogens with one attached hydrogen (secondary N) is 1. The van der Waals surface area contributed by atoms with Crippen LogP contribution >= 0.6 is 0 Å². The predicted octanol–water partition coefficient (Wildman–Crippen LogP) is 1.37. The predicted molar refractivity (Wildman–Crippen MR) is 67.8 cm³/mol. The highest BCUT2D eigenvalue weighted by atomic mass is 19.4. The minimum absolute atomic E-state index is 1.03. The smallest absolute Gasteiger partial charge is 0.430 e. The lowest BCUT2D eigenvalue weighted by Crippen LogP contribution is -2.37. The first kappa shape index (κ1) is 16.7. The first-order valence-corrected chi connectivity index (χ1v) is 6.17. The quantitative estimate of drug-likeness (QED) is 0.852. The molecule has 0 aliphatic heterocycles. The van der Waals surface area contributed by atoms with Crippen molar-refractivity contribution in [1.82, 2.24) is 4.98 Å². The van der Waals surface area contributed by atoms with E-state index in [1.165, 1.54) is 17.1 Å². The number of carboxylic acid groups (broad SMARTS) is 1. The fourth-order valence-corrected chi connectivity index (χ4v) is 1.72. The minimum Gasteiger partial charge on any atom is -0.542 e. The van der Waals surface area contributed by atoms with Gasteiger partial charge in [0.2, 0.25) is 0 Å². The summed E-state index contributed by atoms with van der Waals surface area (Å²) in [6.07, 6.45) is -2.10. The molecule has 0 aliphatic carbocycles. The molecular formula is C14H15F3N2O2. The summed E-state index contributed by atoms with van der Waals surface area (Å²) in [5.41, 5.74) is 2.49. The number of nitrogens with zero attached hydrogens (tertiary/aromatic N) is 1. The van der Waals surface area contributed by atoms with E-state index < -0.39 is 12.1 Å². The van der Waals surface area contributed by atoms with Gasteiger partial charge in [-0.3, -0.25) is 0 Å². The second-order valence-electron chi connectivity index (χ2n) is 4.18. The van der Waals surface area contributed by atoms with Gasteiger partial charge in [0.1, 0.15) is 12.2 Å². The molecule has 2 rings (SSSR count). The van der Waals surface area contributed by atoms with E-state index in [0.29, 0.717) is 0 Å². The molecule has 2 aromatic rings. The fraction of sp³-hybridized carbons (Fsp3) is 0.286. The molecule has 0 aliphatic rings. The lowest BCUT2D eigenvalue weighted by molar-refractivity contribution is -0.667. The highest BCUT2D eigenvalue weighted by Gasteiger charge is 2.28. The zero-order valence-electron chi connectivity index (χ0n) is 11.6. The number of carbonyl (C=O) groups excluding carboxylic acids is 1. The van der Waals surface area contributed by atoms with Crippen molar-refractivity contribution in [2.24, 2.45) is 7.05 Å². The maximum absolute atomic E-state index is 10.5. The molecule has 1 aromatic heterocycles. The van der Waals surface area contributed by atoms with Crippen LogP contribution in [0.15, 0.2) is 36.5 Å². The molecule has 1 aromatic carbocycles. The molecule has 0 radical (unpaired) electrons. The van der Waals surface area contributed by atoms with Crippen LogP contribution in [0.2, 0.25) is 0 Å². The van der Waals surface area contributed by atoms with Gasteiger partial charge in [-0.2, -0.15) is 13.2 Å². The summed E-state index contributed by atoms with van der Waals surface area (Å²) in [5.74, 6) is -1.75. The summed E-state index contributed by atoms with van der Waals surface area (Å²) < 4.78 is 33.8. The molecule has 0 unspecified atom stereocenters. The van der Waals surface area contributed by atoms with Crippen molar-refractivity contribution in [2.45, 2.75) is 19.5 Å². The van der Waals surface area contributed by atoms with Crippen LogP contribution in [0.25, 0.3) is 11.3 Å². The Kier molecular flexibility index (Phi) is 5.52. The van der Waals surface area contributed by atoms with Gasteiger partial charge >= 0.3 is 6.18 Å². The minimum atomic E-state index is -5.19. The number of hydrogen-bond donors (Lipinski definition) is 1. The topological polar surface area (TPSA) is 59.8 Å². The normalized spacial score (nSPS) is 10.7. The number of aliphatic carboxylic acids is 1. The van der Waals surface area contributed by atoms with Crippen LogP contribution < -0.4 is 9.67 Å². The number of carboxylic acids is 1. The van der Waals surface area contributed by atoms with Crippen molar-refractivity contribution in [3.05, 3.63) is 42.4 Å². The molecule has 0 amide bonds. The Morgan fingerprint density at radius 2 is 1.81 bits per heavy atom. The van der Waals surface area contributed by atoms with Crippen LogP contribution in [0.1, 0.15) is 12.7 Å². The Morgan fingerprint density at radius 1 is 1.29 bits per heavy atom. The van der Waals surface area contributed by atoms with Crippen LogP contribution in [0, 0.1) is 0 Å². The summed E-state index contributed by atoms with van der Waals surface area (Å²) in [6, 6.07) is 10.4. The van der Waals surface area contributed by atoms with Gasteiger partial charge in [-0.15, -0.1) is 0 Å². The Bertz CT molecular complexity index is 592. The second-order valence-corrected chi connectivity index (χ2v) is 4.18. The molecule has 0 saturated heterocycles. The van der Waals surface area contributed by atoms with Gasteiger partial charge in [0, 0.05) is 12.0 Å². The van der Waals surface area contributed by atoms with Crippen molar-refractivity contribution in [2.75, 3.05) is 0 Å². The van der Waals surface area contributed by atoms with Crippen molar-refractivity contribution in [3.8, 4) is 11.3 Å². The number of imidazole rings is 1. The Labute approximate surface area is 119 Å². The Hall–Kier alpha value is -2.31. The van der Waals surface area contributed by atoms with Crippen LogP contribution in [0.4, 0.5) is 13.2 Å². The zero-order valence-corrected chi connectivity index (χ0v) is 11.6. The zero-order chi connectivity index (χ0) is 16.0. The van der Waals surface area contributed by atoms with Gasteiger partial charge in [-0.25, -0.2) is 9.55 Å². The maximum Gasteiger partial charge on any atom is 0.430 e. The van der Waals surface area contributed by atoms with Gasteiger partial charge < -0.3 is 9.90 Å². The number of alkyl halides is 3. The third-order valence-corrected chi connectivity index (χ3v) is 2.78. The molecule has 0 fully saturated rings. The molecule has 21 heavy (non-hydrogen) atoms. The molecule has 0 saturated carbocycles. The molecule has 0 spiro atoms. The number of aryl methyl sites for hydroxylation is 1. The lowest BCUT2D eigenvalue weighted by atomic mass is 10.2. The van der Waals surface area contributed by atoms with E-state index in [9.17, 15) is 13.2 Å². The summed E-state index contributed by atoms with van der Waals surface area (Å²) in [4.78, 5) is 12.1. The van der Waals surface area contributed by atoms with Gasteiger partial charge in [0.05, 0.1) is 7.05 Å². The average Bonchev–Trinajstić information content (AvgIpc) is 2.80. The lowest BCUT2D eigenvalue weighted by Gasteiger charge is -2.03. The van der Waals surface area contributed by atoms with E-state index >= 15 is 0 Å². The molecule has 0 atom stereocenters. The fourth-order valence-electron chi connectivity index (χ4n) is 1.72. The third-order valence-electron chi connectivity index (χ3n) is 2.78. The standard InChI is InChI=1S/C12H14N2.C2HF3O2/c1-3-12-13-9-11(14(12)2)10-7-5-4-6-8-10;3-2(4,5)1(6)7/h4-9H,3H2,1-2H3;(H,6,7). The van der Waals surface area contributed by atoms with Crippen molar-refractivity contribution < 1.29 is 27.6 Å². The van der Waals surface area contributed by atoms with E-state index in [2.05, 4.69) is 54.0 Å². The molecule has 1 N–H and O–H groups in total. The number of H-pyrrole nitrogens is 1. The van der Waals surface area contributed by atoms with Gasteiger partial charge in [0.15, 0.2) is 5.69 Å². The molecule has 1 heterocycles. The second kappa shape index (κ2) is 6.92. The largest absolute Gasteiger partial charge is 0.542 e. The number of halogens is 3. The third kappa shape index (κ3) is 4.62. The van der Waals surface area contributed by atoms with Crippen LogP contribution in [-0.4, -0.2) is 17.1 Å². The molecule has 114 valence electrons. The summed E-state index contributed by atoms with van der Waals surface area (Å²) >= 11 is 0. The molecule has 4 nitrogen and oxygen atoms in total. The molecular weight excluding hydrogens is 285 g/mol. The van der Waals surface area contributed by atoms with E-state index in [-0.39, 0.29) is 0 Å². The number of aromatic amines is 1. The first-order valence-electron chi connectivity index (χ1n) is 6.17. The van der Waals surface area contributed by atoms with Crippen molar-refractivity contribution in [1.29, 1.82) is 0 Å². The van der Waals surface area contributed by atoms with Gasteiger partial charge in [0.25, 0.3) is 5.82 Å². The van der Waals surface area contributed by atoms with E-state index in [4.69, 9.17) is 9.90 Å². The van der Waals surface area contributed by atoms with E-state index in [0.717, 1.165) is 6.42 Å². The summed E-state index contributed by atoms with van der Waals surface area (Å²) in [6.45, 7) is 2.15. The number of carbonyl (C=O) groups is 1. The SMILES string of the molecule is CCc1[nH]cc(-c2ccccc2)[n+]1C.O=C([O-])C(F)(F)F. The average molecular weight is 300 g/mol. The Morgan fingerprint density at radius 3 is 2.19 bits per heavy atom. The molecule has 0 bridgehead atoms. The van der Waals surface area contributed by atoms with Crippen molar-refractivity contribution in [3.63, 3.8) is 0 Å². The van der Waals surface area contributed by atoms with E-state index in [1.54, 1.807) is 0 Å². The number of benzene rings is 1. The summed E-state index contributed by atoms with van der Waals surface area (Å²) in [7, 11) is 2.09. The summed E-state index contributed by atoms with van der Waals surface area (Å²) in [5, 5.41) is 8.78. The van der Waals surface area contributed by atoms with Gasteiger partial charge in [-0.1, -0.05) is 37.3 Å². The highest BCUT2D eigenvalue weighted by molar-refractivity contribution is 5.70. The van der Waals surface area contributed by atoms with Crippen LogP contribution in [0.5, 0.6) is 0 Å².